The van der Waals surface area contributed by atoms with Crippen molar-refractivity contribution >= 4 is 17.8 Å². The first-order chi connectivity index (χ1) is 11.2. The van der Waals surface area contributed by atoms with Gasteiger partial charge in [0.1, 0.15) is 6.61 Å². The molecule has 0 unspecified atom stereocenters. The van der Waals surface area contributed by atoms with Crippen molar-refractivity contribution in [3.05, 3.63) is 29.8 Å². The number of methoxy groups -OCH3 is 1. The highest BCUT2D eigenvalue weighted by Gasteiger charge is 2.22. The lowest BCUT2D eigenvalue weighted by molar-refractivity contribution is 0.181. The molecule has 7 nitrogen and oxygen atoms in total. The number of cyclic esters (lactones) is 1. The van der Waals surface area contributed by atoms with Crippen LogP contribution in [0.15, 0.2) is 24.3 Å². The van der Waals surface area contributed by atoms with E-state index >= 15 is 0 Å². The van der Waals surface area contributed by atoms with E-state index in [9.17, 15) is 9.59 Å². The second-order valence-electron chi connectivity index (χ2n) is 4.72. The Bertz CT molecular complexity index is 604. The van der Waals surface area contributed by atoms with Crippen LogP contribution in [-0.4, -0.2) is 52.1 Å². The van der Waals surface area contributed by atoms with Crippen molar-refractivity contribution in [3.8, 4) is 11.8 Å². The average molecular weight is 317 g/mol. The van der Waals surface area contributed by atoms with Gasteiger partial charge in [0.05, 0.1) is 19.7 Å². The van der Waals surface area contributed by atoms with Crippen LogP contribution in [0.4, 0.5) is 15.3 Å². The molecule has 0 aliphatic carbocycles. The molecule has 1 aliphatic heterocycles. The largest absolute Gasteiger partial charge is 0.447 e. The molecule has 1 aliphatic rings. The van der Waals surface area contributed by atoms with Gasteiger partial charge in [0.15, 0.2) is 0 Å². The number of carbonyl (C=O) groups is 2. The van der Waals surface area contributed by atoms with Gasteiger partial charge >= 0.3 is 12.1 Å². The van der Waals surface area contributed by atoms with Gasteiger partial charge in [-0.3, -0.25) is 4.90 Å². The monoisotopic (exact) mass is 317 g/mol. The van der Waals surface area contributed by atoms with Gasteiger partial charge in [-0.05, 0) is 24.3 Å². The zero-order valence-electron chi connectivity index (χ0n) is 12.9. The summed E-state index contributed by atoms with van der Waals surface area (Å²) in [4.78, 5) is 24.4. The van der Waals surface area contributed by atoms with Crippen molar-refractivity contribution in [3.63, 3.8) is 0 Å². The predicted octanol–water partition coefficient (Wildman–Crippen LogP) is 0.940. The molecule has 0 saturated carbocycles. The topological polar surface area (TPSA) is 79.9 Å². The van der Waals surface area contributed by atoms with Crippen molar-refractivity contribution in [2.24, 2.45) is 0 Å². The van der Waals surface area contributed by atoms with Crippen LogP contribution in [0, 0.1) is 11.8 Å². The average Bonchev–Trinajstić information content (AvgIpc) is 2.98. The number of anilines is 1. The number of rotatable bonds is 5. The van der Waals surface area contributed by atoms with Crippen LogP contribution < -0.4 is 15.5 Å². The summed E-state index contributed by atoms with van der Waals surface area (Å²) in [5.74, 6) is 5.81. The van der Waals surface area contributed by atoms with E-state index in [2.05, 4.69) is 22.5 Å². The highest BCUT2D eigenvalue weighted by Crippen LogP contribution is 2.18. The molecule has 0 aromatic heterocycles. The molecule has 2 N–H and O–H groups in total. The zero-order chi connectivity index (χ0) is 16.5. The molecule has 0 bridgehead atoms. The van der Waals surface area contributed by atoms with E-state index in [-0.39, 0.29) is 18.7 Å². The molecular weight excluding hydrogens is 298 g/mol. The number of benzene rings is 1. The number of hydrogen-bond acceptors (Lipinski definition) is 4. The summed E-state index contributed by atoms with van der Waals surface area (Å²) in [5, 5.41) is 5.26. The van der Waals surface area contributed by atoms with Gasteiger partial charge in [0.2, 0.25) is 0 Å². The van der Waals surface area contributed by atoms with E-state index < -0.39 is 0 Å². The molecular formula is C16H19N3O4. The molecule has 1 heterocycles. The molecule has 1 aromatic rings. The maximum Gasteiger partial charge on any atom is 0.414 e. The SMILES string of the molecule is COCCNC(=O)NCC#Cc1ccc(N2CCOC2=O)cc1. The minimum atomic E-state index is -0.326. The number of hydrogen-bond donors (Lipinski definition) is 2. The maximum atomic E-state index is 11.5. The molecule has 0 atom stereocenters. The van der Waals surface area contributed by atoms with Crippen LogP contribution in [-0.2, 0) is 9.47 Å². The Morgan fingerprint density at radius 2 is 2.13 bits per heavy atom. The Kier molecular flexibility index (Phi) is 6.27. The fraction of sp³-hybridized carbons (Fsp3) is 0.375. The summed E-state index contributed by atoms with van der Waals surface area (Å²) in [6, 6.07) is 7.02. The number of ether oxygens (including phenoxy) is 2. The molecule has 7 heteroatoms. The van der Waals surface area contributed by atoms with Crippen LogP contribution in [0.25, 0.3) is 0 Å². The van der Waals surface area contributed by atoms with Crippen LogP contribution in [0.1, 0.15) is 5.56 Å². The number of urea groups is 1. The summed E-state index contributed by atoms with van der Waals surface area (Å²) in [7, 11) is 1.57. The minimum absolute atomic E-state index is 0.249. The van der Waals surface area contributed by atoms with E-state index in [0.29, 0.717) is 26.3 Å². The van der Waals surface area contributed by atoms with Crippen LogP contribution in [0.3, 0.4) is 0 Å². The van der Waals surface area contributed by atoms with Gasteiger partial charge in [-0.25, -0.2) is 9.59 Å². The van der Waals surface area contributed by atoms with E-state index in [1.165, 1.54) is 0 Å². The Labute approximate surface area is 134 Å². The first-order valence-electron chi connectivity index (χ1n) is 7.24. The third-order valence-corrected chi connectivity index (χ3v) is 3.10. The van der Waals surface area contributed by atoms with Crippen molar-refractivity contribution in [2.45, 2.75) is 0 Å². The molecule has 0 spiro atoms. The first-order valence-corrected chi connectivity index (χ1v) is 7.24. The Morgan fingerprint density at radius 1 is 1.35 bits per heavy atom. The van der Waals surface area contributed by atoms with Gasteiger partial charge in [0.25, 0.3) is 0 Å². The van der Waals surface area contributed by atoms with Crippen LogP contribution >= 0.6 is 0 Å². The third-order valence-electron chi connectivity index (χ3n) is 3.10. The fourth-order valence-electron chi connectivity index (χ4n) is 1.95. The first kappa shape index (κ1) is 16.6. The van der Waals surface area contributed by atoms with E-state index in [4.69, 9.17) is 9.47 Å². The van der Waals surface area contributed by atoms with E-state index in [1.807, 2.05) is 24.3 Å². The van der Waals surface area contributed by atoms with Gasteiger partial charge < -0.3 is 20.1 Å². The Hall–Kier alpha value is -2.72. The predicted molar refractivity (Wildman–Crippen MR) is 85.3 cm³/mol. The molecule has 2 rings (SSSR count). The van der Waals surface area contributed by atoms with Crippen LogP contribution in [0.2, 0.25) is 0 Å². The van der Waals surface area contributed by atoms with Crippen molar-refractivity contribution < 1.29 is 19.1 Å². The van der Waals surface area contributed by atoms with Crippen molar-refractivity contribution in [1.29, 1.82) is 0 Å². The smallest absolute Gasteiger partial charge is 0.414 e. The molecule has 3 amide bonds. The molecule has 1 aromatic carbocycles. The number of amides is 3. The Balaban J connectivity index is 1.78. The van der Waals surface area contributed by atoms with Gasteiger partial charge in [0, 0.05) is 24.9 Å². The lowest BCUT2D eigenvalue weighted by atomic mass is 10.2. The maximum absolute atomic E-state index is 11.5. The fourth-order valence-corrected chi connectivity index (χ4v) is 1.95. The van der Waals surface area contributed by atoms with Gasteiger partial charge in [-0.2, -0.15) is 0 Å². The summed E-state index contributed by atoms with van der Waals surface area (Å²) in [5.41, 5.74) is 1.59. The van der Waals surface area contributed by atoms with Crippen molar-refractivity contribution in [1.82, 2.24) is 10.6 Å². The molecule has 0 radical (unpaired) electrons. The number of nitrogens with one attached hydrogen (secondary N) is 2. The second-order valence-corrected chi connectivity index (χ2v) is 4.72. The summed E-state index contributed by atoms with van der Waals surface area (Å²) in [6.07, 6.45) is -0.326. The third kappa shape index (κ3) is 5.20. The van der Waals surface area contributed by atoms with Gasteiger partial charge in [-0.1, -0.05) is 11.8 Å². The number of nitrogens with zero attached hydrogens (tertiary/aromatic N) is 1. The Morgan fingerprint density at radius 3 is 2.78 bits per heavy atom. The summed E-state index contributed by atoms with van der Waals surface area (Å²) >= 11 is 0. The highest BCUT2D eigenvalue weighted by molar-refractivity contribution is 5.89. The zero-order valence-corrected chi connectivity index (χ0v) is 12.9. The molecule has 1 saturated heterocycles. The van der Waals surface area contributed by atoms with E-state index in [1.54, 1.807) is 12.0 Å². The number of carbonyl (C=O) groups excluding carboxylic acids is 2. The van der Waals surface area contributed by atoms with E-state index in [0.717, 1.165) is 11.3 Å². The minimum Gasteiger partial charge on any atom is -0.447 e. The molecule has 122 valence electrons. The second kappa shape index (κ2) is 8.66. The lowest BCUT2D eigenvalue weighted by Crippen LogP contribution is -2.37. The molecule has 1 fully saturated rings. The normalized spacial score (nSPS) is 13.1. The van der Waals surface area contributed by atoms with Crippen molar-refractivity contribution in [2.75, 3.05) is 44.9 Å². The quantitative estimate of drug-likeness (QED) is 0.626. The standard InChI is InChI=1S/C16H19N3O4/c1-22-11-9-18-15(20)17-8-2-3-13-4-6-14(7-5-13)19-10-12-23-16(19)21/h4-7H,8-12H2,1H3,(H2,17,18,20). The summed E-state index contributed by atoms with van der Waals surface area (Å²) in [6.45, 7) is 2.15. The van der Waals surface area contributed by atoms with Gasteiger partial charge in [-0.15, -0.1) is 0 Å². The van der Waals surface area contributed by atoms with Crippen LogP contribution in [0.5, 0.6) is 0 Å². The highest BCUT2D eigenvalue weighted by atomic mass is 16.6. The lowest BCUT2D eigenvalue weighted by Gasteiger charge is -2.11. The molecule has 23 heavy (non-hydrogen) atoms. The summed E-state index contributed by atoms with van der Waals surface area (Å²) < 4.78 is 9.72.